The normalized spacial score (nSPS) is 11.4. The molecular formula is C12H12ClFO2. The van der Waals surface area contributed by atoms with Gasteiger partial charge in [0.05, 0.1) is 11.6 Å². The van der Waals surface area contributed by atoms with Crippen LogP contribution in [0.5, 0.6) is 0 Å². The van der Waals surface area contributed by atoms with E-state index in [9.17, 15) is 9.18 Å². The van der Waals surface area contributed by atoms with Crippen molar-refractivity contribution in [2.45, 2.75) is 13.8 Å². The monoisotopic (exact) mass is 242 g/mol. The fraction of sp³-hybridized carbons (Fsp3) is 0.250. The smallest absolute Gasteiger partial charge is 0.333 e. The molecule has 1 rings (SSSR count). The van der Waals surface area contributed by atoms with Crippen molar-refractivity contribution in [2.24, 2.45) is 0 Å². The van der Waals surface area contributed by atoms with Gasteiger partial charge in [0.25, 0.3) is 0 Å². The molecule has 0 fully saturated rings. The number of rotatable bonds is 3. The standard InChI is InChI=1S/C12H12ClFO2/c1-3-16-12(15)8(2)7-9-10(13)5-4-6-11(9)14/h4-7H,3H2,1-2H3/b8-7+. The van der Waals surface area contributed by atoms with E-state index in [-0.39, 0.29) is 17.2 Å². The Labute approximate surface area is 98.7 Å². The third kappa shape index (κ3) is 3.07. The summed E-state index contributed by atoms with van der Waals surface area (Å²) in [7, 11) is 0. The maximum atomic E-state index is 13.4. The van der Waals surface area contributed by atoms with Crippen molar-refractivity contribution in [3.8, 4) is 0 Å². The van der Waals surface area contributed by atoms with Gasteiger partial charge < -0.3 is 4.74 Å². The number of benzene rings is 1. The van der Waals surface area contributed by atoms with E-state index in [0.29, 0.717) is 5.57 Å². The summed E-state index contributed by atoms with van der Waals surface area (Å²) in [4.78, 5) is 11.3. The van der Waals surface area contributed by atoms with Crippen molar-refractivity contribution >= 4 is 23.6 Å². The van der Waals surface area contributed by atoms with Gasteiger partial charge in [0.2, 0.25) is 0 Å². The molecule has 0 aliphatic rings. The maximum Gasteiger partial charge on any atom is 0.333 e. The molecule has 0 radical (unpaired) electrons. The third-order valence-electron chi connectivity index (χ3n) is 1.96. The third-order valence-corrected chi connectivity index (χ3v) is 2.29. The number of halogens is 2. The molecular weight excluding hydrogens is 231 g/mol. The van der Waals surface area contributed by atoms with E-state index < -0.39 is 11.8 Å². The van der Waals surface area contributed by atoms with E-state index in [1.165, 1.54) is 18.2 Å². The van der Waals surface area contributed by atoms with E-state index >= 15 is 0 Å². The molecule has 0 saturated carbocycles. The van der Waals surface area contributed by atoms with Gasteiger partial charge in [-0.2, -0.15) is 0 Å². The van der Waals surface area contributed by atoms with Crippen LogP contribution in [0.1, 0.15) is 19.4 Å². The highest BCUT2D eigenvalue weighted by atomic mass is 35.5. The number of esters is 1. The van der Waals surface area contributed by atoms with Crippen LogP contribution in [-0.2, 0) is 9.53 Å². The first kappa shape index (κ1) is 12.7. The van der Waals surface area contributed by atoms with Gasteiger partial charge in [0.15, 0.2) is 0 Å². The molecule has 0 heterocycles. The highest BCUT2D eigenvalue weighted by molar-refractivity contribution is 6.32. The van der Waals surface area contributed by atoms with Gasteiger partial charge in [-0.3, -0.25) is 0 Å². The average molecular weight is 243 g/mol. The summed E-state index contributed by atoms with van der Waals surface area (Å²) >= 11 is 5.82. The van der Waals surface area contributed by atoms with E-state index in [1.807, 2.05) is 0 Å². The summed E-state index contributed by atoms with van der Waals surface area (Å²) in [5.74, 6) is -0.932. The molecule has 1 aromatic carbocycles. The lowest BCUT2D eigenvalue weighted by atomic mass is 10.1. The molecule has 0 unspecified atom stereocenters. The Morgan fingerprint density at radius 2 is 2.25 bits per heavy atom. The molecule has 0 aromatic heterocycles. The molecule has 0 saturated heterocycles. The van der Waals surface area contributed by atoms with Gasteiger partial charge >= 0.3 is 5.97 Å². The summed E-state index contributed by atoms with van der Waals surface area (Å²) in [5, 5.41) is 0.267. The van der Waals surface area contributed by atoms with Gasteiger partial charge in [-0.1, -0.05) is 17.7 Å². The summed E-state index contributed by atoms with van der Waals surface area (Å²) in [6, 6.07) is 4.36. The molecule has 0 spiro atoms. The van der Waals surface area contributed by atoms with Crippen LogP contribution < -0.4 is 0 Å². The minimum Gasteiger partial charge on any atom is -0.463 e. The molecule has 2 nitrogen and oxygen atoms in total. The van der Waals surface area contributed by atoms with Crippen LogP contribution in [0, 0.1) is 5.82 Å². The molecule has 1 aromatic rings. The quantitative estimate of drug-likeness (QED) is 0.600. The minimum atomic E-state index is -0.471. The summed E-state index contributed by atoms with van der Waals surface area (Å²) in [6.07, 6.45) is 1.38. The SMILES string of the molecule is CCOC(=O)/C(C)=C/c1c(F)cccc1Cl. The van der Waals surface area contributed by atoms with E-state index in [2.05, 4.69) is 0 Å². The molecule has 0 aliphatic carbocycles. The molecule has 0 N–H and O–H groups in total. The summed E-state index contributed by atoms with van der Waals surface area (Å²) in [6.45, 7) is 3.55. The maximum absolute atomic E-state index is 13.4. The van der Waals surface area contributed by atoms with Crippen LogP contribution in [0.15, 0.2) is 23.8 Å². The first-order valence-electron chi connectivity index (χ1n) is 4.85. The van der Waals surface area contributed by atoms with Gasteiger partial charge in [-0.15, -0.1) is 0 Å². The van der Waals surface area contributed by atoms with Crippen molar-refractivity contribution < 1.29 is 13.9 Å². The first-order valence-corrected chi connectivity index (χ1v) is 5.23. The van der Waals surface area contributed by atoms with E-state index in [0.717, 1.165) is 0 Å². The lowest BCUT2D eigenvalue weighted by Gasteiger charge is -2.03. The molecule has 16 heavy (non-hydrogen) atoms. The number of ether oxygens (including phenoxy) is 1. The lowest BCUT2D eigenvalue weighted by Crippen LogP contribution is -2.05. The molecule has 0 atom stereocenters. The topological polar surface area (TPSA) is 26.3 Å². The van der Waals surface area contributed by atoms with Gasteiger partial charge in [-0.05, 0) is 32.1 Å². The summed E-state index contributed by atoms with van der Waals surface area (Å²) < 4.78 is 18.2. The highest BCUT2D eigenvalue weighted by Crippen LogP contribution is 2.21. The van der Waals surface area contributed by atoms with Gasteiger partial charge in [0.1, 0.15) is 5.82 Å². The van der Waals surface area contributed by atoms with Crippen molar-refractivity contribution in [3.05, 3.63) is 40.2 Å². The second kappa shape index (κ2) is 5.66. The van der Waals surface area contributed by atoms with Crippen LogP contribution in [0.4, 0.5) is 4.39 Å². The Hall–Kier alpha value is -1.35. The second-order valence-electron chi connectivity index (χ2n) is 3.18. The fourth-order valence-electron chi connectivity index (χ4n) is 1.17. The zero-order valence-electron chi connectivity index (χ0n) is 9.09. The lowest BCUT2D eigenvalue weighted by molar-refractivity contribution is -0.138. The molecule has 0 bridgehead atoms. The van der Waals surface area contributed by atoms with Crippen molar-refractivity contribution in [3.63, 3.8) is 0 Å². The Balaban J connectivity index is 3.02. The number of carbonyl (C=O) groups is 1. The molecule has 4 heteroatoms. The highest BCUT2D eigenvalue weighted by Gasteiger charge is 2.09. The Kier molecular flexibility index (Phi) is 4.50. The minimum absolute atomic E-state index is 0.203. The fourth-order valence-corrected chi connectivity index (χ4v) is 1.39. The predicted molar refractivity (Wildman–Crippen MR) is 61.7 cm³/mol. The van der Waals surface area contributed by atoms with Crippen LogP contribution in [0.2, 0.25) is 5.02 Å². The van der Waals surface area contributed by atoms with Gasteiger partial charge in [0, 0.05) is 11.1 Å². The van der Waals surface area contributed by atoms with Crippen LogP contribution in [0.25, 0.3) is 6.08 Å². The Morgan fingerprint density at radius 1 is 1.56 bits per heavy atom. The number of carbonyl (C=O) groups excluding carboxylic acids is 1. The van der Waals surface area contributed by atoms with Crippen molar-refractivity contribution in [1.29, 1.82) is 0 Å². The molecule has 86 valence electrons. The zero-order chi connectivity index (χ0) is 12.1. The Bertz CT molecular complexity index is 407. The zero-order valence-corrected chi connectivity index (χ0v) is 9.84. The molecule has 0 amide bonds. The average Bonchev–Trinajstić information content (AvgIpc) is 2.23. The van der Waals surface area contributed by atoms with E-state index in [4.69, 9.17) is 16.3 Å². The number of hydrogen-bond donors (Lipinski definition) is 0. The van der Waals surface area contributed by atoms with Crippen molar-refractivity contribution in [2.75, 3.05) is 6.61 Å². The first-order chi connectivity index (χ1) is 7.56. The van der Waals surface area contributed by atoms with E-state index in [1.54, 1.807) is 19.9 Å². The van der Waals surface area contributed by atoms with Crippen LogP contribution in [-0.4, -0.2) is 12.6 Å². The largest absolute Gasteiger partial charge is 0.463 e. The second-order valence-corrected chi connectivity index (χ2v) is 3.59. The van der Waals surface area contributed by atoms with Gasteiger partial charge in [-0.25, -0.2) is 9.18 Å². The summed E-state index contributed by atoms with van der Waals surface area (Å²) in [5.41, 5.74) is 0.517. The number of hydrogen-bond acceptors (Lipinski definition) is 2. The van der Waals surface area contributed by atoms with Crippen molar-refractivity contribution in [1.82, 2.24) is 0 Å². The molecule has 0 aliphatic heterocycles. The van der Waals surface area contributed by atoms with Crippen LogP contribution >= 0.6 is 11.6 Å². The Morgan fingerprint density at radius 3 is 2.81 bits per heavy atom. The predicted octanol–water partition coefficient (Wildman–Crippen LogP) is 3.45. The van der Waals surface area contributed by atoms with Crippen LogP contribution in [0.3, 0.4) is 0 Å².